The number of carbonyl (C=O) groups excluding carboxylic acids is 2. The Hall–Kier alpha value is -2.72. The van der Waals surface area contributed by atoms with E-state index in [0.717, 1.165) is 10.9 Å². The molecule has 3 nitrogen and oxygen atoms in total. The predicted octanol–water partition coefficient (Wildman–Crippen LogP) is 4.68. The fourth-order valence-electron chi connectivity index (χ4n) is 2.81. The average molecular weight is 331 g/mol. The van der Waals surface area contributed by atoms with Crippen LogP contribution in [0, 0.1) is 0 Å². The zero-order valence-electron chi connectivity index (χ0n) is 12.9. The molecule has 0 fully saturated rings. The number of thioether (sulfide) groups is 1. The predicted molar refractivity (Wildman–Crippen MR) is 95.4 cm³/mol. The van der Waals surface area contributed by atoms with Crippen LogP contribution in [0.15, 0.2) is 76.2 Å². The molecule has 0 saturated carbocycles. The first-order valence-electron chi connectivity index (χ1n) is 7.58. The van der Waals surface area contributed by atoms with Crippen molar-refractivity contribution in [2.24, 2.45) is 0 Å². The van der Waals surface area contributed by atoms with E-state index in [1.54, 1.807) is 31.2 Å². The van der Waals surface area contributed by atoms with Gasteiger partial charge in [0.2, 0.25) is 5.78 Å². The fourth-order valence-corrected chi connectivity index (χ4v) is 3.75. The molecule has 2 aromatic carbocycles. The molecule has 3 aromatic rings. The van der Waals surface area contributed by atoms with Gasteiger partial charge < -0.3 is 0 Å². The van der Waals surface area contributed by atoms with E-state index in [-0.39, 0.29) is 11.6 Å². The molecular formula is C20H13NO2S. The van der Waals surface area contributed by atoms with Crippen LogP contribution >= 0.6 is 11.8 Å². The van der Waals surface area contributed by atoms with Crippen LogP contribution in [0.1, 0.15) is 27.6 Å². The molecule has 0 atom stereocenters. The van der Waals surface area contributed by atoms with E-state index in [1.165, 1.54) is 11.8 Å². The third-order valence-corrected chi connectivity index (χ3v) is 5.22. The van der Waals surface area contributed by atoms with Gasteiger partial charge in [-0.15, -0.1) is 0 Å². The molecule has 24 heavy (non-hydrogen) atoms. The standard InChI is InChI=1S/C20H13NO2S/c1-12-18(22)14-7-3-4-8-15(14)19(23)20(12)24-17-11-10-13-6-2-5-9-16(13)21-17/h2-11H,1H3. The van der Waals surface area contributed by atoms with Crippen molar-refractivity contribution in [3.63, 3.8) is 0 Å². The minimum absolute atomic E-state index is 0.0894. The van der Waals surface area contributed by atoms with Gasteiger partial charge in [-0.05, 0) is 19.1 Å². The second kappa shape index (κ2) is 5.73. The Kier molecular flexibility index (Phi) is 3.54. The van der Waals surface area contributed by atoms with E-state index in [4.69, 9.17) is 0 Å². The van der Waals surface area contributed by atoms with Crippen molar-refractivity contribution in [2.45, 2.75) is 11.9 Å². The summed E-state index contributed by atoms with van der Waals surface area (Å²) >= 11 is 1.26. The van der Waals surface area contributed by atoms with E-state index in [9.17, 15) is 9.59 Å². The highest BCUT2D eigenvalue weighted by Crippen LogP contribution is 2.36. The molecule has 0 bridgehead atoms. The molecule has 1 aliphatic carbocycles. The highest BCUT2D eigenvalue weighted by Gasteiger charge is 2.30. The van der Waals surface area contributed by atoms with Gasteiger partial charge in [-0.1, -0.05) is 60.3 Å². The number of rotatable bonds is 2. The summed E-state index contributed by atoms with van der Waals surface area (Å²) in [5.74, 6) is -0.198. The zero-order chi connectivity index (χ0) is 16.7. The lowest BCUT2D eigenvalue weighted by molar-refractivity contribution is 0.0981. The Balaban J connectivity index is 1.76. The Morgan fingerprint density at radius 3 is 2.25 bits per heavy atom. The minimum atomic E-state index is -0.109. The van der Waals surface area contributed by atoms with Crippen LogP contribution in [0.4, 0.5) is 0 Å². The molecule has 0 saturated heterocycles. The highest BCUT2D eigenvalue weighted by molar-refractivity contribution is 8.04. The van der Waals surface area contributed by atoms with E-state index in [2.05, 4.69) is 4.98 Å². The van der Waals surface area contributed by atoms with Gasteiger partial charge >= 0.3 is 0 Å². The summed E-state index contributed by atoms with van der Waals surface area (Å²) in [7, 11) is 0. The van der Waals surface area contributed by atoms with Crippen molar-refractivity contribution >= 4 is 34.2 Å². The van der Waals surface area contributed by atoms with Crippen LogP contribution < -0.4 is 0 Å². The molecule has 0 amide bonds. The van der Waals surface area contributed by atoms with Gasteiger partial charge in [0.1, 0.15) is 5.03 Å². The van der Waals surface area contributed by atoms with Gasteiger partial charge in [0.15, 0.2) is 5.78 Å². The summed E-state index contributed by atoms with van der Waals surface area (Å²) in [5.41, 5.74) is 2.31. The summed E-state index contributed by atoms with van der Waals surface area (Å²) in [6.45, 7) is 1.71. The summed E-state index contributed by atoms with van der Waals surface area (Å²) in [5, 5.41) is 1.76. The van der Waals surface area contributed by atoms with Crippen molar-refractivity contribution in [3.05, 3.63) is 82.3 Å². The lowest BCUT2D eigenvalue weighted by atomic mass is 9.90. The Morgan fingerprint density at radius 1 is 0.792 bits per heavy atom. The number of nitrogens with zero attached hydrogens (tertiary/aromatic N) is 1. The van der Waals surface area contributed by atoms with Crippen LogP contribution in [0.5, 0.6) is 0 Å². The van der Waals surface area contributed by atoms with Gasteiger partial charge in [0, 0.05) is 22.1 Å². The number of aromatic nitrogens is 1. The number of fused-ring (bicyclic) bond motifs is 2. The average Bonchev–Trinajstić information content (AvgIpc) is 2.63. The number of hydrogen-bond acceptors (Lipinski definition) is 4. The summed E-state index contributed by atoms with van der Waals surface area (Å²) < 4.78 is 0. The van der Waals surface area contributed by atoms with E-state index >= 15 is 0 Å². The van der Waals surface area contributed by atoms with E-state index in [0.29, 0.717) is 26.6 Å². The first kappa shape index (κ1) is 14.8. The monoisotopic (exact) mass is 331 g/mol. The van der Waals surface area contributed by atoms with E-state index < -0.39 is 0 Å². The zero-order valence-corrected chi connectivity index (χ0v) is 13.8. The third kappa shape index (κ3) is 2.36. The topological polar surface area (TPSA) is 47.0 Å². The fraction of sp³-hybridized carbons (Fsp3) is 0.0500. The van der Waals surface area contributed by atoms with Crippen LogP contribution in [0.2, 0.25) is 0 Å². The first-order chi connectivity index (χ1) is 11.6. The number of allylic oxidation sites excluding steroid dienone is 2. The van der Waals surface area contributed by atoms with Crippen molar-refractivity contribution in [1.82, 2.24) is 4.98 Å². The molecule has 4 rings (SSSR count). The second-order valence-electron chi connectivity index (χ2n) is 5.60. The number of pyridine rings is 1. The van der Waals surface area contributed by atoms with Crippen LogP contribution in [0.25, 0.3) is 10.9 Å². The molecular weight excluding hydrogens is 318 g/mol. The lowest BCUT2D eigenvalue weighted by Gasteiger charge is -2.18. The SMILES string of the molecule is CC1=C(Sc2ccc3ccccc3n2)C(=O)c2ccccc2C1=O. The normalized spacial score (nSPS) is 14.2. The molecule has 0 radical (unpaired) electrons. The van der Waals surface area contributed by atoms with Crippen molar-refractivity contribution < 1.29 is 9.59 Å². The van der Waals surface area contributed by atoms with Gasteiger partial charge in [0.05, 0.1) is 10.4 Å². The molecule has 0 spiro atoms. The highest BCUT2D eigenvalue weighted by atomic mass is 32.2. The quantitative estimate of drug-likeness (QED) is 0.684. The molecule has 1 aliphatic rings. The number of hydrogen-bond donors (Lipinski definition) is 0. The van der Waals surface area contributed by atoms with Gasteiger partial charge in [-0.2, -0.15) is 0 Å². The van der Waals surface area contributed by atoms with Crippen LogP contribution in [-0.2, 0) is 0 Å². The molecule has 1 aromatic heterocycles. The molecule has 0 unspecified atom stereocenters. The number of carbonyl (C=O) groups is 2. The number of para-hydroxylation sites is 1. The minimum Gasteiger partial charge on any atom is -0.289 e. The van der Waals surface area contributed by atoms with Crippen LogP contribution in [-0.4, -0.2) is 16.6 Å². The number of benzene rings is 2. The van der Waals surface area contributed by atoms with Crippen LogP contribution in [0.3, 0.4) is 0 Å². The maximum Gasteiger partial charge on any atom is 0.200 e. The summed E-state index contributed by atoms with van der Waals surface area (Å²) in [6.07, 6.45) is 0. The Labute approximate surface area is 143 Å². The van der Waals surface area contributed by atoms with E-state index in [1.807, 2.05) is 36.4 Å². The lowest BCUT2D eigenvalue weighted by Crippen LogP contribution is -2.19. The molecule has 4 heteroatoms. The maximum atomic E-state index is 12.8. The second-order valence-corrected chi connectivity index (χ2v) is 6.63. The Morgan fingerprint density at radius 2 is 1.46 bits per heavy atom. The van der Waals surface area contributed by atoms with Crippen molar-refractivity contribution in [3.8, 4) is 0 Å². The van der Waals surface area contributed by atoms with Gasteiger partial charge in [-0.25, -0.2) is 4.98 Å². The Bertz CT molecular complexity index is 1040. The first-order valence-corrected chi connectivity index (χ1v) is 8.40. The molecule has 1 heterocycles. The third-order valence-electron chi connectivity index (χ3n) is 4.08. The largest absolute Gasteiger partial charge is 0.289 e. The van der Waals surface area contributed by atoms with Crippen molar-refractivity contribution in [1.29, 1.82) is 0 Å². The van der Waals surface area contributed by atoms with Gasteiger partial charge in [-0.3, -0.25) is 9.59 Å². The molecule has 0 N–H and O–H groups in total. The smallest absolute Gasteiger partial charge is 0.200 e. The molecule has 0 aliphatic heterocycles. The van der Waals surface area contributed by atoms with Crippen molar-refractivity contribution in [2.75, 3.05) is 0 Å². The summed E-state index contributed by atoms with van der Waals surface area (Å²) in [4.78, 5) is 30.4. The summed E-state index contributed by atoms with van der Waals surface area (Å²) in [6, 6.07) is 18.6. The molecule has 116 valence electrons. The van der Waals surface area contributed by atoms with Gasteiger partial charge in [0.25, 0.3) is 0 Å². The number of Topliss-reactive ketones (excluding diaryl/α,β-unsaturated/α-hetero) is 2. The number of ketones is 2. The maximum absolute atomic E-state index is 12.8.